The van der Waals surface area contributed by atoms with Crippen molar-refractivity contribution in [2.75, 3.05) is 19.6 Å². The summed E-state index contributed by atoms with van der Waals surface area (Å²) in [6, 6.07) is 4.94. The number of aryl methyl sites for hydroxylation is 1. The maximum absolute atomic E-state index is 12.7. The van der Waals surface area contributed by atoms with Crippen molar-refractivity contribution in [1.82, 2.24) is 14.9 Å². The van der Waals surface area contributed by atoms with E-state index < -0.39 is 15.6 Å². The van der Waals surface area contributed by atoms with Crippen molar-refractivity contribution in [2.24, 2.45) is 5.92 Å². The van der Waals surface area contributed by atoms with Gasteiger partial charge in [0.2, 0.25) is 10.0 Å². The van der Waals surface area contributed by atoms with E-state index in [0.717, 1.165) is 24.6 Å². The molecule has 1 unspecified atom stereocenters. The molecule has 0 aromatic heterocycles. The van der Waals surface area contributed by atoms with Crippen molar-refractivity contribution in [3.8, 4) is 0 Å². The number of likely N-dealkylation sites (tertiary alicyclic amines) is 1. The van der Waals surface area contributed by atoms with Crippen molar-refractivity contribution >= 4 is 15.9 Å². The van der Waals surface area contributed by atoms with Crippen molar-refractivity contribution < 1.29 is 13.2 Å². The zero-order valence-electron chi connectivity index (χ0n) is 18.0. The minimum Gasteiger partial charge on any atom is -0.350 e. The summed E-state index contributed by atoms with van der Waals surface area (Å²) in [5.41, 5.74) is 0.566. The number of sulfonamides is 1. The second-order valence-corrected chi connectivity index (χ2v) is 10.8. The van der Waals surface area contributed by atoms with E-state index >= 15 is 0 Å². The highest BCUT2D eigenvalue weighted by molar-refractivity contribution is 7.89. The lowest BCUT2D eigenvalue weighted by Gasteiger charge is -2.35. The lowest BCUT2D eigenvalue weighted by molar-refractivity contribution is 0.0921. The fraction of sp³-hybridized carbons (Fsp3) is 0.667. The van der Waals surface area contributed by atoms with E-state index in [4.69, 9.17) is 0 Å². The largest absolute Gasteiger partial charge is 0.350 e. The predicted molar refractivity (Wildman–Crippen MR) is 113 cm³/mol. The Balaban J connectivity index is 2.07. The lowest BCUT2D eigenvalue weighted by Crippen LogP contribution is -2.45. The topological polar surface area (TPSA) is 78.5 Å². The van der Waals surface area contributed by atoms with Gasteiger partial charge in [-0.25, -0.2) is 13.1 Å². The number of carbonyl (C=O) groups excluding carboxylic acids is 1. The highest BCUT2D eigenvalue weighted by Crippen LogP contribution is 2.19. The summed E-state index contributed by atoms with van der Waals surface area (Å²) in [7, 11) is -3.68. The van der Waals surface area contributed by atoms with E-state index in [9.17, 15) is 13.2 Å². The van der Waals surface area contributed by atoms with Gasteiger partial charge < -0.3 is 5.32 Å². The van der Waals surface area contributed by atoms with E-state index in [1.54, 1.807) is 26.8 Å². The molecule has 158 valence electrons. The van der Waals surface area contributed by atoms with Gasteiger partial charge >= 0.3 is 0 Å². The molecule has 6 nitrogen and oxygen atoms in total. The molecule has 1 atom stereocenters. The number of nitrogens with zero attached hydrogens (tertiary/aromatic N) is 1. The predicted octanol–water partition coefficient (Wildman–Crippen LogP) is 2.92. The lowest BCUT2D eigenvalue weighted by atomic mass is 9.98. The SMILES string of the molecule is Cc1ccc(S(=O)(=O)NC(C)(C)C)cc1C(=O)NCC(C)N1CCC(C)CC1. The second kappa shape index (κ2) is 8.93. The zero-order valence-corrected chi connectivity index (χ0v) is 18.8. The van der Waals surface area contributed by atoms with Crippen LogP contribution in [-0.4, -0.2) is 50.4 Å². The molecule has 1 saturated heterocycles. The molecule has 1 heterocycles. The second-order valence-electron chi connectivity index (χ2n) is 9.11. The van der Waals surface area contributed by atoms with E-state index in [0.29, 0.717) is 12.1 Å². The van der Waals surface area contributed by atoms with E-state index in [2.05, 4.69) is 28.8 Å². The van der Waals surface area contributed by atoms with Gasteiger partial charge in [-0.05, 0) is 84.2 Å². The number of hydrogen-bond acceptors (Lipinski definition) is 4. The fourth-order valence-corrected chi connectivity index (χ4v) is 4.85. The van der Waals surface area contributed by atoms with Gasteiger partial charge in [0, 0.05) is 23.7 Å². The minimum absolute atomic E-state index is 0.108. The molecule has 1 aromatic carbocycles. The van der Waals surface area contributed by atoms with Crippen molar-refractivity contribution in [3.05, 3.63) is 29.3 Å². The Kier molecular flexibility index (Phi) is 7.28. The molecule has 1 amide bonds. The maximum Gasteiger partial charge on any atom is 0.251 e. The summed E-state index contributed by atoms with van der Waals surface area (Å²) in [6.45, 7) is 14.2. The van der Waals surface area contributed by atoms with Crippen molar-refractivity contribution in [2.45, 2.75) is 70.9 Å². The quantitative estimate of drug-likeness (QED) is 0.757. The molecule has 0 bridgehead atoms. The Morgan fingerprint density at radius 2 is 1.86 bits per heavy atom. The first-order valence-electron chi connectivity index (χ1n) is 10.1. The summed E-state index contributed by atoms with van der Waals surface area (Å²) in [5, 5.41) is 2.98. The number of piperidine rings is 1. The van der Waals surface area contributed by atoms with Crippen LogP contribution in [0, 0.1) is 12.8 Å². The Hall–Kier alpha value is -1.44. The first kappa shape index (κ1) is 22.8. The van der Waals surface area contributed by atoms with Gasteiger partial charge in [-0.2, -0.15) is 0 Å². The van der Waals surface area contributed by atoms with Gasteiger partial charge in [0.1, 0.15) is 0 Å². The van der Waals surface area contributed by atoms with Crippen LogP contribution in [0.5, 0.6) is 0 Å². The highest BCUT2D eigenvalue weighted by Gasteiger charge is 2.24. The van der Waals surface area contributed by atoms with Gasteiger partial charge in [-0.3, -0.25) is 9.69 Å². The summed E-state index contributed by atoms with van der Waals surface area (Å²) >= 11 is 0. The molecule has 1 fully saturated rings. The number of rotatable bonds is 6. The monoisotopic (exact) mass is 409 g/mol. The minimum atomic E-state index is -3.68. The van der Waals surface area contributed by atoms with Crippen LogP contribution in [0.3, 0.4) is 0 Å². The third-order valence-electron chi connectivity index (χ3n) is 5.20. The molecule has 0 saturated carbocycles. The van der Waals surface area contributed by atoms with Crippen LogP contribution in [0.15, 0.2) is 23.1 Å². The van der Waals surface area contributed by atoms with Crippen LogP contribution in [0.1, 0.15) is 63.4 Å². The van der Waals surface area contributed by atoms with E-state index in [1.807, 2.05) is 6.92 Å². The Bertz CT molecular complexity index is 792. The maximum atomic E-state index is 12.7. The van der Waals surface area contributed by atoms with E-state index in [1.165, 1.54) is 25.0 Å². The molecule has 1 aromatic rings. The molecule has 7 heteroatoms. The summed E-state index contributed by atoms with van der Waals surface area (Å²) in [5.74, 6) is 0.537. The molecule has 2 rings (SSSR count). The van der Waals surface area contributed by atoms with E-state index in [-0.39, 0.29) is 16.8 Å². The number of amides is 1. The number of nitrogens with one attached hydrogen (secondary N) is 2. The average molecular weight is 410 g/mol. The van der Waals surface area contributed by atoms with Crippen LogP contribution in [0.2, 0.25) is 0 Å². The first-order valence-corrected chi connectivity index (χ1v) is 11.5. The number of benzene rings is 1. The van der Waals surface area contributed by atoms with Crippen molar-refractivity contribution in [1.29, 1.82) is 0 Å². The summed E-state index contributed by atoms with van der Waals surface area (Å²) in [6.07, 6.45) is 2.39. The van der Waals surface area contributed by atoms with Crippen LogP contribution in [0.4, 0.5) is 0 Å². The molecule has 1 aliphatic heterocycles. The molecule has 0 radical (unpaired) electrons. The zero-order chi connectivity index (χ0) is 21.1. The number of carbonyl (C=O) groups is 1. The van der Waals surface area contributed by atoms with Gasteiger partial charge in [0.05, 0.1) is 4.90 Å². The van der Waals surface area contributed by atoms with Gasteiger partial charge in [-0.1, -0.05) is 13.0 Å². The van der Waals surface area contributed by atoms with Crippen LogP contribution in [-0.2, 0) is 10.0 Å². The molecule has 2 N–H and O–H groups in total. The first-order chi connectivity index (χ1) is 12.9. The molecule has 1 aliphatic rings. The summed E-state index contributed by atoms with van der Waals surface area (Å²) < 4.78 is 27.8. The molecule has 28 heavy (non-hydrogen) atoms. The van der Waals surface area contributed by atoms with Crippen LogP contribution >= 0.6 is 0 Å². The molecular weight excluding hydrogens is 374 g/mol. The standard InChI is InChI=1S/C21H35N3O3S/c1-15-9-11-24(12-10-15)17(3)14-22-20(25)19-13-18(8-7-16(19)2)28(26,27)23-21(4,5)6/h7-8,13,15,17,23H,9-12,14H2,1-6H3,(H,22,25). The molecule has 0 aliphatic carbocycles. The third-order valence-corrected chi connectivity index (χ3v) is 6.96. The van der Waals surface area contributed by atoms with Crippen LogP contribution in [0.25, 0.3) is 0 Å². The third kappa shape index (κ3) is 6.29. The fourth-order valence-electron chi connectivity index (χ4n) is 3.41. The van der Waals surface area contributed by atoms with Gasteiger partial charge in [0.25, 0.3) is 5.91 Å². The smallest absolute Gasteiger partial charge is 0.251 e. The Morgan fingerprint density at radius 3 is 2.43 bits per heavy atom. The average Bonchev–Trinajstić information content (AvgIpc) is 2.58. The van der Waals surface area contributed by atoms with Crippen molar-refractivity contribution in [3.63, 3.8) is 0 Å². The van der Waals surface area contributed by atoms with Crippen LogP contribution < -0.4 is 10.0 Å². The Morgan fingerprint density at radius 1 is 1.25 bits per heavy atom. The summed E-state index contributed by atoms with van der Waals surface area (Å²) in [4.78, 5) is 15.2. The molecular formula is C21H35N3O3S. The highest BCUT2D eigenvalue weighted by atomic mass is 32.2. The molecule has 0 spiro atoms. The van der Waals surface area contributed by atoms with Gasteiger partial charge in [-0.15, -0.1) is 0 Å². The van der Waals surface area contributed by atoms with Gasteiger partial charge in [0.15, 0.2) is 0 Å². The Labute approximate surface area is 170 Å². The number of hydrogen-bond donors (Lipinski definition) is 2. The normalized spacial score (nSPS) is 18.1.